The van der Waals surface area contributed by atoms with Crippen molar-refractivity contribution >= 4 is 56.6 Å². The average Bonchev–Trinajstić information content (AvgIpc) is 3.50. The smallest absolute Gasteiger partial charge is 0.172 e. The third kappa shape index (κ3) is 6.35. The normalized spacial score (nSPS) is 22.7. The molecule has 2 saturated heterocycles. The summed E-state index contributed by atoms with van der Waals surface area (Å²) < 4.78 is 6.39. The molecule has 0 aliphatic carbocycles. The lowest BCUT2D eigenvalue weighted by atomic mass is 10.0. The number of morpholine rings is 1. The lowest BCUT2D eigenvalue weighted by Gasteiger charge is -2.32. The number of aryl methyl sites for hydroxylation is 1. The molecule has 0 bridgehead atoms. The van der Waals surface area contributed by atoms with E-state index >= 15 is 0 Å². The molecule has 1 aromatic carbocycles. The summed E-state index contributed by atoms with van der Waals surface area (Å²) in [5.74, 6) is 0.788. The number of hydroxylamine groups is 3. The number of likely N-dealkylation sites (tertiary alicyclic amines) is 1. The Bertz CT molecular complexity index is 1270. The van der Waals surface area contributed by atoms with Crippen LogP contribution >= 0.6 is 34.5 Å². The molecule has 2 aromatic heterocycles. The van der Waals surface area contributed by atoms with Crippen LogP contribution in [0.3, 0.4) is 0 Å². The minimum Gasteiger partial charge on any atom is -0.862 e. The molecule has 4 heterocycles. The lowest BCUT2D eigenvalue weighted by Crippen LogP contribution is -2.44. The second-order valence-corrected chi connectivity index (χ2v) is 11.5. The molecule has 2 aliphatic heterocycles. The Balaban J connectivity index is 1.11. The zero-order chi connectivity index (χ0) is 25.8. The first-order chi connectivity index (χ1) is 17.9. The van der Waals surface area contributed by atoms with Crippen LogP contribution in [0.15, 0.2) is 35.3 Å². The number of hydrogen-bond acceptors (Lipinski definition) is 8. The monoisotopic (exact) mass is 563 g/mol. The molecule has 3 aromatic rings. The highest BCUT2D eigenvalue weighted by molar-refractivity contribution is 7.18. The number of hydrogen-bond donors (Lipinski definition) is 1. The van der Waals surface area contributed by atoms with Gasteiger partial charge in [0.05, 0.1) is 33.0 Å². The van der Waals surface area contributed by atoms with Gasteiger partial charge in [-0.05, 0) is 36.6 Å². The second-order valence-electron chi connectivity index (χ2n) is 9.59. The van der Waals surface area contributed by atoms with Gasteiger partial charge in [-0.3, -0.25) is 0 Å². The van der Waals surface area contributed by atoms with E-state index in [0.29, 0.717) is 62.2 Å². The predicted molar refractivity (Wildman–Crippen MR) is 146 cm³/mol. The van der Waals surface area contributed by atoms with E-state index in [-0.39, 0.29) is 16.6 Å². The van der Waals surface area contributed by atoms with E-state index in [9.17, 15) is 10.3 Å². The Morgan fingerprint density at radius 2 is 2.03 bits per heavy atom. The van der Waals surface area contributed by atoms with Crippen molar-refractivity contribution in [1.29, 1.82) is 0 Å². The summed E-state index contributed by atoms with van der Waals surface area (Å²) in [6, 6.07) is 9.60. The Kier molecular flexibility index (Phi) is 8.48. The summed E-state index contributed by atoms with van der Waals surface area (Å²) in [6.07, 6.45) is 3.32. The van der Waals surface area contributed by atoms with Gasteiger partial charge in [-0.25, -0.2) is 15.2 Å². The maximum atomic E-state index is 12.4. The second kappa shape index (κ2) is 11.8. The molecule has 2 aliphatic rings. The van der Waals surface area contributed by atoms with Crippen LogP contribution in [0.2, 0.25) is 10.0 Å². The van der Waals surface area contributed by atoms with Crippen LogP contribution in [0, 0.1) is 0 Å². The number of quaternary nitrogens is 1. The van der Waals surface area contributed by atoms with Gasteiger partial charge in [-0.2, -0.15) is 4.65 Å². The fraction of sp³-hybridized carbons (Fsp3) is 0.500. The highest BCUT2D eigenvalue weighted by atomic mass is 35.5. The molecule has 8 nitrogen and oxygen atoms in total. The first kappa shape index (κ1) is 26.6. The molecule has 37 heavy (non-hydrogen) atoms. The van der Waals surface area contributed by atoms with Gasteiger partial charge in [0.2, 0.25) is 0 Å². The van der Waals surface area contributed by atoms with Crippen molar-refractivity contribution in [2.24, 2.45) is 4.99 Å². The van der Waals surface area contributed by atoms with E-state index in [0.717, 1.165) is 52.7 Å². The summed E-state index contributed by atoms with van der Waals surface area (Å²) in [5.41, 5.74) is 1.72. The number of ether oxygens (including phenoxy) is 1. The van der Waals surface area contributed by atoms with Crippen LogP contribution in [0.25, 0.3) is 10.3 Å². The van der Waals surface area contributed by atoms with Crippen LogP contribution in [-0.4, -0.2) is 71.7 Å². The van der Waals surface area contributed by atoms with Crippen LogP contribution < -0.4 is 10.0 Å². The molecule has 0 spiro atoms. The van der Waals surface area contributed by atoms with Crippen molar-refractivity contribution in [2.45, 2.75) is 38.1 Å². The number of benzene rings is 1. The topological polar surface area (TPSA) is 93.9 Å². The maximum absolute atomic E-state index is 12.4. The van der Waals surface area contributed by atoms with Crippen molar-refractivity contribution in [3.8, 4) is 0 Å². The largest absolute Gasteiger partial charge is 0.862 e. The third-order valence-corrected chi connectivity index (χ3v) is 8.90. The molecular weight excluding hydrogens is 533 g/mol. The van der Waals surface area contributed by atoms with Gasteiger partial charge in [0.1, 0.15) is 24.9 Å². The summed E-state index contributed by atoms with van der Waals surface area (Å²) >= 11 is 13.8. The van der Waals surface area contributed by atoms with E-state index in [2.05, 4.69) is 20.9 Å². The molecule has 2 unspecified atom stereocenters. The standard InChI is InChI=1S/C26H31Cl2N5O3S/c27-19-5-4-18(17-20(19)28)21-3-1-13-33(21,35)14-2-10-29-24(34)8-9-25-31-26-22(37-25)6-7-23(30-26)32-11-15-36-16-12-32/h4-7,17,21,35H,1-3,8-16H2. The van der Waals surface area contributed by atoms with Gasteiger partial charge in [-0.1, -0.05) is 29.3 Å². The van der Waals surface area contributed by atoms with E-state index in [1.54, 1.807) is 17.4 Å². The fourth-order valence-electron chi connectivity index (χ4n) is 5.16. The molecule has 0 amide bonds. The van der Waals surface area contributed by atoms with Crippen molar-refractivity contribution in [3.05, 3.63) is 50.9 Å². The van der Waals surface area contributed by atoms with E-state index in [4.69, 9.17) is 32.9 Å². The molecule has 0 radical (unpaired) electrons. The predicted octanol–water partition coefficient (Wildman–Crippen LogP) is 4.66. The number of thiazole rings is 1. The van der Waals surface area contributed by atoms with E-state index in [1.807, 2.05) is 18.2 Å². The molecule has 5 rings (SSSR count). The first-order valence-corrected chi connectivity index (χ1v) is 14.3. The van der Waals surface area contributed by atoms with Gasteiger partial charge < -0.3 is 19.7 Å². The highest BCUT2D eigenvalue weighted by Crippen LogP contribution is 2.39. The molecular formula is C26H31Cl2N5O3S. The maximum Gasteiger partial charge on any atom is 0.172 e. The summed E-state index contributed by atoms with van der Waals surface area (Å²) in [6.45, 7) is 4.70. The average molecular weight is 565 g/mol. The van der Waals surface area contributed by atoms with Crippen molar-refractivity contribution in [2.75, 3.05) is 50.8 Å². The summed E-state index contributed by atoms with van der Waals surface area (Å²) in [5, 5.41) is 25.6. The minimum absolute atomic E-state index is 0.0399. The SMILES string of the molecule is [O-]C(CCc1nc2nc(N3CCOCC3)ccc2s1)=NCCC[N+]1(O)CCCC1c1ccc(Cl)c(Cl)c1. The minimum atomic E-state index is -0.131. The van der Waals surface area contributed by atoms with Gasteiger partial charge in [0.15, 0.2) is 5.65 Å². The third-order valence-electron chi connectivity index (χ3n) is 7.09. The molecule has 198 valence electrons. The number of halogens is 2. The Morgan fingerprint density at radius 1 is 1.19 bits per heavy atom. The van der Waals surface area contributed by atoms with Gasteiger partial charge in [0.25, 0.3) is 0 Å². The van der Waals surface area contributed by atoms with E-state index < -0.39 is 0 Å². The van der Waals surface area contributed by atoms with Gasteiger partial charge in [-0.15, -0.1) is 11.3 Å². The summed E-state index contributed by atoms with van der Waals surface area (Å²) in [7, 11) is 0. The molecule has 2 atom stereocenters. The number of pyridine rings is 1. The number of nitrogens with zero attached hydrogens (tertiary/aromatic N) is 5. The zero-order valence-electron chi connectivity index (χ0n) is 20.6. The van der Waals surface area contributed by atoms with Gasteiger partial charge in [0, 0.05) is 50.9 Å². The Morgan fingerprint density at radius 3 is 2.84 bits per heavy atom. The fourth-order valence-corrected chi connectivity index (χ4v) is 6.37. The number of aliphatic imine (C=N–C) groups is 1. The van der Waals surface area contributed by atoms with Crippen LogP contribution in [-0.2, 0) is 11.2 Å². The van der Waals surface area contributed by atoms with Crippen LogP contribution in [0.5, 0.6) is 0 Å². The Hall–Kier alpha value is -2.01. The number of anilines is 1. The zero-order valence-corrected chi connectivity index (χ0v) is 22.9. The highest BCUT2D eigenvalue weighted by Gasteiger charge is 2.42. The van der Waals surface area contributed by atoms with Gasteiger partial charge >= 0.3 is 0 Å². The molecule has 2 fully saturated rings. The van der Waals surface area contributed by atoms with Crippen LogP contribution in [0.4, 0.5) is 5.82 Å². The lowest BCUT2D eigenvalue weighted by molar-refractivity contribution is -1.12. The number of aromatic nitrogens is 2. The van der Waals surface area contributed by atoms with Crippen molar-refractivity contribution < 1.29 is 19.7 Å². The number of rotatable bonds is 9. The quantitative estimate of drug-likeness (QED) is 0.176. The molecule has 11 heteroatoms. The molecule has 1 N–H and O–H groups in total. The summed E-state index contributed by atoms with van der Waals surface area (Å²) in [4.78, 5) is 15.8. The number of fused-ring (bicyclic) bond motifs is 1. The van der Waals surface area contributed by atoms with E-state index in [1.165, 1.54) is 0 Å². The van der Waals surface area contributed by atoms with Crippen molar-refractivity contribution in [3.63, 3.8) is 0 Å². The molecule has 0 saturated carbocycles. The first-order valence-electron chi connectivity index (χ1n) is 12.8. The Labute approximate surface area is 230 Å². The van der Waals surface area contributed by atoms with Crippen molar-refractivity contribution in [1.82, 2.24) is 9.97 Å². The van der Waals surface area contributed by atoms with Crippen LogP contribution in [0.1, 0.15) is 42.3 Å².